The van der Waals surface area contributed by atoms with E-state index in [1.165, 1.54) is 0 Å². The molecular weight excluding hydrogens is 308 g/mol. The fourth-order valence-electron chi connectivity index (χ4n) is 2.43. The van der Waals surface area contributed by atoms with Crippen molar-refractivity contribution in [2.24, 2.45) is 5.92 Å². The van der Waals surface area contributed by atoms with Crippen LogP contribution in [0.5, 0.6) is 0 Å². The van der Waals surface area contributed by atoms with Gasteiger partial charge in [-0.3, -0.25) is 0 Å². The minimum absolute atomic E-state index is 0.0699. The maximum atomic E-state index is 11.6. The quantitative estimate of drug-likeness (QED) is 0.867. The third-order valence-corrected chi connectivity index (χ3v) is 3.69. The first-order chi connectivity index (χ1) is 11.3. The zero-order valence-electron chi connectivity index (χ0n) is 14.5. The predicted octanol–water partition coefficient (Wildman–Crippen LogP) is 3.22. The summed E-state index contributed by atoms with van der Waals surface area (Å²) >= 11 is 0. The second-order valence-electron chi connectivity index (χ2n) is 7.18. The lowest BCUT2D eigenvalue weighted by molar-refractivity contribution is 0.0142. The van der Waals surface area contributed by atoms with Crippen molar-refractivity contribution >= 4 is 12.2 Å². The molecule has 0 aliphatic heterocycles. The smallest absolute Gasteiger partial charge is 0.407 e. The zero-order chi connectivity index (χ0) is 17.6. The third kappa shape index (κ3) is 6.48. The highest BCUT2D eigenvalue weighted by Gasteiger charge is 2.33. The normalized spacial score (nSPS) is 19.8. The van der Waals surface area contributed by atoms with Gasteiger partial charge in [-0.25, -0.2) is 9.59 Å². The van der Waals surface area contributed by atoms with E-state index >= 15 is 0 Å². The molecule has 0 saturated heterocycles. The Hall–Kier alpha value is -2.24. The van der Waals surface area contributed by atoms with Crippen LogP contribution in [0.4, 0.5) is 9.59 Å². The van der Waals surface area contributed by atoms with Crippen molar-refractivity contribution in [1.82, 2.24) is 10.6 Å². The molecular formula is C18H26N2O4. The van der Waals surface area contributed by atoms with Gasteiger partial charge in [0.25, 0.3) is 0 Å². The van der Waals surface area contributed by atoms with Gasteiger partial charge in [0.05, 0.1) is 0 Å². The molecule has 0 spiro atoms. The Labute approximate surface area is 142 Å². The summed E-state index contributed by atoms with van der Waals surface area (Å²) in [6.07, 6.45) is 0.641. The van der Waals surface area contributed by atoms with Crippen LogP contribution in [0.3, 0.4) is 0 Å². The van der Waals surface area contributed by atoms with Gasteiger partial charge >= 0.3 is 12.2 Å². The highest BCUT2D eigenvalue weighted by molar-refractivity contribution is 5.68. The van der Waals surface area contributed by atoms with E-state index < -0.39 is 6.09 Å². The molecule has 0 aromatic heterocycles. The molecule has 1 aromatic rings. The molecule has 1 saturated carbocycles. The van der Waals surface area contributed by atoms with Crippen LogP contribution in [0.15, 0.2) is 30.3 Å². The lowest BCUT2D eigenvalue weighted by Gasteiger charge is -2.35. The van der Waals surface area contributed by atoms with Gasteiger partial charge in [0, 0.05) is 12.1 Å². The Morgan fingerprint density at radius 2 is 1.79 bits per heavy atom. The van der Waals surface area contributed by atoms with E-state index in [1.807, 2.05) is 51.1 Å². The molecule has 0 radical (unpaired) electrons. The molecule has 1 aliphatic carbocycles. The summed E-state index contributed by atoms with van der Waals surface area (Å²) in [7, 11) is 0. The summed E-state index contributed by atoms with van der Waals surface area (Å²) in [5.41, 5.74) is 0.652. The first-order valence-electron chi connectivity index (χ1n) is 8.25. The van der Waals surface area contributed by atoms with E-state index in [0.29, 0.717) is 12.5 Å². The third-order valence-electron chi connectivity index (χ3n) is 3.69. The van der Waals surface area contributed by atoms with Crippen LogP contribution in [0, 0.1) is 5.92 Å². The Morgan fingerprint density at radius 3 is 2.42 bits per heavy atom. The average molecular weight is 334 g/mol. The molecule has 24 heavy (non-hydrogen) atoms. The van der Waals surface area contributed by atoms with Crippen LogP contribution in [0.2, 0.25) is 0 Å². The number of amides is 2. The summed E-state index contributed by atoms with van der Waals surface area (Å²) in [6.45, 7) is 6.51. The Bertz CT molecular complexity index is 548. The van der Waals surface area contributed by atoms with Crippen LogP contribution < -0.4 is 10.6 Å². The van der Waals surface area contributed by atoms with Gasteiger partial charge in [0.1, 0.15) is 12.7 Å². The fourth-order valence-corrected chi connectivity index (χ4v) is 2.43. The largest absolute Gasteiger partial charge is 0.446 e. The molecule has 0 heterocycles. The number of hydrogen-bond acceptors (Lipinski definition) is 4. The number of carbonyl (C=O) groups is 2. The van der Waals surface area contributed by atoms with Crippen molar-refractivity contribution in [2.75, 3.05) is 6.54 Å². The van der Waals surface area contributed by atoms with Crippen LogP contribution in [-0.2, 0) is 16.1 Å². The molecule has 1 aromatic carbocycles. The minimum Gasteiger partial charge on any atom is -0.446 e. The van der Waals surface area contributed by atoms with Crippen LogP contribution in [0.1, 0.15) is 39.2 Å². The van der Waals surface area contributed by atoms with E-state index in [9.17, 15) is 9.59 Å². The Morgan fingerprint density at radius 1 is 1.12 bits per heavy atom. The van der Waals surface area contributed by atoms with Crippen molar-refractivity contribution in [3.63, 3.8) is 0 Å². The molecule has 6 heteroatoms. The van der Waals surface area contributed by atoms with Gasteiger partial charge < -0.3 is 20.1 Å². The lowest BCUT2D eigenvalue weighted by Crippen LogP contribution is -2.46. The SMILES string of the molecule is CC(C)(C)NC(=O)OC1CC(CNC(=O)OCc2ccccc2)C1. The van der Waals surface area contributed by atoms with Gasteiger partial charge in [0.15, 0.2) is 0 Å². The first kappa shape index (κ1) is 18.1. The van der Waals surface area contributed by atoms with Gasteiger partial charge in [-0.05, 0) is 45.1 Å². The number of hydrogen-bond donors (Lipinski definition) is 2. The average Bonchev–Trinajstić information content (AvgIpc) is 2.46. The zero-order valence-corrected chi connectivity index (χ0v) is 14.5. The minimum atomic E-state index is -0.423. The highest BCUT2D eigenvalue weighted by Crippen LogP contribution is 2.29. The number of nitrogens with one attached hydrogen (secondary N) is 2. The molecule has 2 rings (SSSR count). The van der Waals surface area contributed by atoms with E-state index in [0.717, 1.165) is 18.4 Å². The lowest BCUT2D eigenvalue weighted by atomic mass is 9.82. The van der Waals surface area contributed by atoms with Crippen LogP contribution >= 0.6 is 0 Å². The second-order valence-corrected chi connectivity index (χ2v) is 7.18. The van der Waals surface area contributed by atoms with Crippen molar-refractivity contribution in [3.8, 4) is 0 Å². The number of alkyl carbamates (subject to hydrolysis) is 2. The number of benzene rings is 1. The molecule has 0 atom stereocenters. The van der Waals surface area contributed by atoms with Crippen molar-refractivity contribution < 1.29 is 19.1 Å². The van der Waals surface area contributed by atoms with Crippen molar-refractivity contribution in [1.29, 1.82) is 0 Å². The predicted molar refractivity (Wildman–Crippen MR) is 90.5 cm³/mol. The molecule has 1 aliphatic rings. The van der Waals surface area contributed by atoms with Crippen molar-refractivity contribution in [2.45, 2.75) is 51.9 Å². The molecule has 2 amide bonds. The van der Waals surface area contributed by atoms with Crippen LogP contribution in [0.25, 0.3) is 0 Å². The molecule has 0 unspecified atom stereocenters. The molecule has 2 N–H and O–H groups in total. The summed E-state index contributed by atoms with van der Waals surface area (Å²) in [5.74, 6) is 0.321. The van der Waals surface area contributed by atoms with Gasteiger partial charge in [0.2, 0.25) is 0 Å². The fraction of sp³-hybridized carbons (Fsp3) is 0.556. The number of rotatable bonds is 5. The maximum absolute atomic E-state index is 11.6. The van der Waals surface area contributed by atoms with Gasteiger partial charge in [-0.1, -0.05) is 30.3 Å². The molecule has 0 bridgehead atoms. The van der Waals surface area contributed by atoms with E-state index in [1.54, 1.807) is 0 Å². The summed E-state index contributed by atoms with van der Waals surface area (Å²) in [5, 5.41) is 5.51. The first-order valence-corrected chi connectivity index (χ1v) is 8.25. The number of carbonyl (C=O) groups excluding carboxylic acids is 2. The van der Waals surface area contributed by atoms with Crippen LogP contribution in [-0.4, -0.2) is 30.4 Å². The molecule has 6 nitrogen and oxygen atoms in total. The molecule has 1 fully saturated rings. The van der Waals surface area contributed by atoms with E-state index in [4.69, 9.17) is 9.47 Å². The maximum Gasteiger partial charge on any atom is 0.407 e. The standard InChI is InChI=1S/C18H26N2O4/c1-18(2,3)20-17(22)24-15-9-14(10-15)11-19-16(21)23-12-13-7-5-4-6-8-13/h4-8,14-15H,9-12H2,1-3H3,(H,19,21)(H,20,22). The summed E-state index contributed by atoms with van der Waals surface area (Å²) < 4.78 is 10.5. The van der Waals surface area contributed by atoms with Gasteiger partial charge in [-0.2, -0.15) is 0 Å². The van der Waals surface area contributed by atoms with E-state index in [2.05, 4.69) is 10.6 Å². The second kappa shape index (κ2) is 8.04. The topological polar surface area (TPSA) is 76.7 Å². The van der Waals surface area contributed by atoms with Crippen molar-refractivity contribution in [3.05, 3.63) is 35.9 Å². The summed E-state index contributed by atoms with van der Waals surface area (Å²) in [4.78, 5) is 23.3. The monoisotopic (exact) mass is 334 g/mol. The summed E-state index contributed by atoms with van der Waals surface area (Å²) in [6, 6.07) is 9.54. The number of ether oxygens (including phenoxy) is 2. The highest BCUT2D eigenvalue weighted by atomic mass is 16.6. The molecule has 132 valence electrons. The van der Waals surface area contributed by atoms with E-state index in [-0.39, 0.29) is 24.3 Å². The Kier molecular flexibility index (Phi) is 6.06. The Balaban J connectivity index is 1.55. The van der Waals surface area contributed by atoms with Gasteiger partial charge in [-0.15, -0.1) is 0 Å².